The van der Waals surface area contributed by atoms with Crippen molar-refractivity contribution in [3.05, 3.63) is 48.5 Å². The van der Waals surface area contributed by atoms with Crippen LogP contribution >= 0.6 is 21.6 Å². The number of benzene rings is 1. The zero-order valence-corrected chi connectivity index (χ0v) is 18.4. The number of hydrogen-bond acceptors (Lipinski definition) is 9. The quantitative estimate of drug-likeness (QED) is 0.343. The summed E-state index contributed by atoms with van der Waals surface area (Å²) in [5.74, 6) is 0.930. The average molecular weight is 462 g/mol. The Morgan fingerprint density at radius 3 is 2.81 bits per heavy atom. The lowest BCUT2D eigenvalue weighted by Crippen LogP contribution is -2.31. The molecule has 0 aliphatic carbocycles. The summed E-state index contributed by atoms with van der Waals surface area (Å²) in [5, 5.41) is 22.7. The highest BCUT2D eigenvalue weighted by atomic mass is 33.1. The number of hydrogen-bond donors (Lipinski definition) is 3. The van der Waals surface area contributed by atoms with Gasteiger partial charge in [-0.1, -0.05) is 46.7 Å². The molecular formula is C20H23N5O4S2. The van der Waals surface area contributed by atoms with Gasteiger partial charge in [0.25, 0.3) is 5.91 Å². The average Bonchev–Trinajstić information content (AvgIpc) is 3.36. The third-order valence-corrected chi connectivity index (χ3v) is 7.88. The molecule has 9 nitrogen and oxygen atoms in total. The number of imidazole rings is 1. The number of ether oxygens (including phenoxy) is 1. The van der Waals surface area contributed by atoms with Crippen LogP contribution < -0.4 is 5.32 Å². The third-order valence-electron chi connectivity index (χ3n) is 4.86. The van der Waals surface area contributed by atoms with Crippen molar-refractivity contribution in [3.8, 4) is 0 Å². The van der Waals surface area contributed by atoms with Gasteiger partial charge in [-0.15, -0.1) is 0 Å². The van der Waals surface area contributed by atoms with E-state index in [1.807, 2.05) is 6.07 Å². The van der Waals surface area contributed by atoms with E-state index in [0.717, 1.165) is 12.2 Å². The molecule has 1 aliphatic heterocycles. The maximum Gasteiger partial charge on any atom is 0.256 e. The number of aliphatic hydroxyl groups is 2. The predicted octanol–water partition coefficient (Wildman–Crippen LogP) is 2.49. The number of carbonyl (C=O) groups is 1. The molecule has 164 valence electrons. The Morgan fingerprint density at radius 1 is 1.26 bits per heavy atom. The number of aromatic nitrogens is 4. The molecule has 31 heavy (non-hydrogen) atoms. The molecule has 1 amide bonds. The first-order chi connectivity index (χ1) is 15.1. The molecular weight excluding hydrogens is 438 g/mol. The minimum atomic E-state index is -0.833. The van der Waals surface area contributed by atoms with Gasteiger partial charge in [-0.05, 0) is 18.6 Å². The van der Waals surface area contributed by atoms with E-state index in [1.54, 1.807) is 46.0 Å². The fourth-order valence-corrected chi connectivity index (χ4v) is 6.19. The zero-order valence-electron chi connectivity index (χ0n) is 16.8. The Morgan fingerprint density at radius 2 is 2.06 bits per heavy atom. The van der Waals surface area contributed by atoms with Crippen LogP contribution in [0.3, 0.4) is 0 Å². The molecule has 11 heteroatoms. The van der Waals surface area contributed by atoms with Crippen molar-refractivity contribution in [2.45, 2.75) is 37.0 Å². The summed E-state index contributed by atoms with van der Waals surface area (Å²) >= 11 is 0. The van der Waals surface area contributed by atoms with E-state index in [4.69, 9.17) is 4.74 Å². The van der Waals surface area contributed by atoms with Crippen LogP contribution in [-0.4, -0.2) is 65.5 Å². The van der Waals surface area contributed by atoms with Gasteiger partial charge in [-0.3, -0.25) is 9.36 Å². The number of anilines is 1. The van der Waals surface area contributed by atoms with Crippen molar-refractivity contribution in [1.29, 1.82) is 0 Å². The molecule has 0 radical (unpaired) electrons. The number of carbonyl (C=O) groups excluding carboxylic acids is 1. The first-order valence-corrected chi connectivity index (χ1v) is 12.3. The van der Waals surface area contributed by atoms with Gasteiger partial charge in [0.15, 0.2) is 23.2 Å². The van der Waals surface area contributed by atoms with Crippen molar-refractivity contribution in [2.24, 2.45) is 0 Å². The van der Waals surface area contributed by atoms with E-state index < -0.39 is 18.4 Å². The van der Waals surface area contributed by atoms with E-state index in [-0.39, 0.29) is 17.8 Å². The molecule has 1 unspecified atom stereocenters. The minimum Gasteiger partial charge on any atom is -0.394 e. The number of fused-ring (bicyclic) bond motifs is 1. The second-order valence-electron chi connectivity index (χ2n) is 6.99. The van der Waals surface area contributed by atoms with Crippen LogP contribution in [0.25, 0.3) is 11.2 Å². The number of aliphatic hydroxyl groups excluding tert-OH is 2. The largest absolute Gasteiger partial charge is 0.394 e. The minimum absolute atomic E-state index is 0.285. The monoisotopic (exact) mass is 461 g/mol. The van der Waals surface area contributed by atoms with Gasteiger partial charge in [-0.25, -0.2) is 15.0 Å². The number of rotatable bonds is 8. The molecule has 3 heterocycles. The van der Waals surface area contributed by atoms with Crippen LogP contribution in [0.5, 0.6) is 0 Å². The molecule has 0 bridgehead atoms. The lowest BCUT2D eigenvalue weighted by Gasteiger charge is -2.20. The molecule has 2 aromatic heterocycles. The third kappa shape index (κ3) is 4.55. The van der Waals surface area contributed by atoms with Crippen LogP contribution in [0, 0.1) is 0 Å². The Kier molecular flexibility index (Phi) is 7.08. The highest BCUT2D eigenvalue weighted by Crippen LogP contribution is 2.43. The molecule has 4 atom stereocenters. The van der Waals surface area contributed by atoms with Crippen molar-refractivity contribution in [1.82, 2.24) is 19.5 Å². The highest BCUT2D eigenvalue weighted by Gasteiger charge is 2.45. The predicted molar refractivity (Wildman–Crippen MR) is 121 cm³/mol. The molecule has 4 rings (SSSR count). The van der Waals surface area contributed by atoms with Gasteiger partial charge in [0.2, 0.25) is 0 Å². The Hall–Kier alpha value is -2.18. The van der Waals surface area contributed by atoms with Crippen molar-refractivity contribution >= 4 is 44.5 Å². The van der Waals surface area contributed by atoms with Gasteiger partial charge in [0.1, 0.15) is 12.4 Å². The van der Waals surface area contributed by atoms with Gasteiger partial charge >= 0.3 is 0 Å². The maximum atomic E-state index is 12.5. The Labute approximate surface area is 187 Å². The number of nitrogens with one attached hydrogen (secondary N) is 1. The van der Waals surface area contributed by atoms with Gasteiger partial charge in [0, 0.05) is 11.3 Å². The standard InChI is InChI=1S/C20H23N5O4S2/c1-2-8-30-31-16-15(27)13(9-26)29-20(16)25-11-23-14-17(21-10-22-18(14)25)24-19(28)12-6-4-3-5-7-12/h3-7,10-11,13,15-16,20,26-27H,2,8-9H2,1H3,(H,21,22,24,28)/t13-,15+,16?,20-/m1/s1. The summed E-state index contributed by atoms with van der Waals surface area (Å²) in [4.78, 5) is 25.5. The van der Waals surface area contributed by atoms with Crippen LogP contribution in [0.2, 0.25) is 0 Å². The van der Waals surface area contributed by atoms with E-state index in [1.165, 1.54) is 17.1 Å². The molecule has 3 aromatic rings. The first kappa shape index (κ1) is 22.0. The van der Waals surface area contributed by atoms with Crippen LogP contribution in [0.4, 0.5) is 5.82 Å². The molecule has 1 aliphatic rings. The van der Waals surface area contributed by atoms with E-state index >= 15 is 0 Å². The molecule has 0 spiro atoms. The van der Waals surface area contributed by atoms with Crippen molar-refractivity contribution in [2.75, 3.05) is 17.7 Å². The first-order valence-electron chi connectivity index (χ1n) is 9.90. The Balaban J connectivity index is 1.62. The molecule has 1 saturated heterocycles. The van der Waals surface area contributed by atoms with Crippen molar-refractivity contribution in [3.63, 3.8) is 0 Å². The fourth-order valence-electron chi connectivity index (χ4n) is 3.31. The molecule has 0 saturated carbocycles. The molecule has 3 N–H and O–H groups in total. The van der Waals surface area contributed by atoms with Crippen LogP contribution in [0.15, 0.2) is 43.0 Å². The second kappa shape index (κ2) is 9.96. The van der Waals surface area contributed by atoms with E-state index in [2.05, 4.69) is 27.2 Å². The SMILES string of the molecule is CCCSSC1[C@@H](O)[C@@H](CO)O[C@H]1n1cnc2c(NC(=O)c3ccccc3)ncnc21. The van der Waals surface area contributed by atoms with Gasteiger partial charge in [-0.2, -0.15) is 0 Å². The lowest BCUT2D eigenvalue weighted by atomic mass is 10.2. The summed E-state index contributed by atoms with van der Waals surface area (Å²) in [6, 6.07) is 8.84. The number of amides is 1. The topological polar surface area (TPSA) is 122 Å². The highest BCUT2D eigenvalue weighted by molar-refractivity contribution is 8.77. The smallest absolute Gasteiger partial charge is 0.256 e. The summed E-state index contributed by atoms with van der Waals surface area (Å²) < 4.78 is 7.67. The normalized spacial score (nSPS) is 23.3. The van der Waals surface area contributed by atoms with Crippen LogP contribution in [-0.2, 0) is 4.74 Å². The van der Waals surface area contributed by atoms with Crippen molar-refractivity contribution < 1.29 is 19.7 Å². The molecule has 1 aromatic carbocycles. The lowest BCUT2D eigenvalue weighted by molar-refractivity contribution is -0.0430. The van der Waals surface area contributed by atoms with Gasteiger partial charge < -0.3 is 20.3 Å². The van der Waals surface area contributed by atoms with Gasteiger partial charge in [0.05, 0.1) is 24.3 Å². The van der Waals surface area contributed by atoms with E-state index in [0.29, 0.717) is 22.5 Å². The second-order valence-corrected chi connectivity index (χ2v) is 9.65. The number of nitrogens with zero attached hydrogens (tertiary/aromatic N) is 4. The fraction of sp³-hybridized carbons (Fsp3) is 0.400. The summed E-state index contributed by atoms with van der Waals surface area (Å²) in [6.45, 7) is 1.81. The van der Waals surface area contributed by atoms with E-state index in [9.17, 15) is 15.0 Å². The van der Waals surface area contributed by atoms with Crippen LogP contribution in [0.1, 0.15) is 29.9 Å². The summed E-state index contributed by atoms with van der Waals surface area (Å²) in [5.41, 5.74) is 1.40. The maximum absolute atomic E-state index is 12.5. The summed E-state index contributed by atoms with van der Waals surface area (Å²) in [6.07, 6.45) is 1.83. The summed E-state index contributed by atoms with van der Waals surface area (Å²) in [7, 11) is 3.19. The molecule has 1 fully saturated rings. The Bertz CT molecular complexity index is 1030. The zero-order chi connectivity index (χ0) is 21.8.